The van der Waals surface area contributed by atoms with Crippen LogP contribution < -0.4 is 4.74 Å². The van der Waals surface area contributed by atoms with Gasteiger partial charge < -0.3 is 9.84 Å². The largest absolute Gasteiger partial charge is 0.478 e. The first-order valence-corrected chi connectivity index (χ1v) is 5.02. The van der Waals surface area contributed by atoms with Crippen molar-refractivity contribution in [2.75, 3.05) is 0 Å². The molecular formula is C12H11F3O3. The van der Waals surface area contributed by atoms with E-state index in [1.165, 1.54) is 6.08 Å². The molecule has 0 bridgehead atoms. The molecule has 0 saturated heterocycles. The van der Waals surface area contributed by atoms with E-state index in [-0.39, 0.29) is 12.2 Å². The van der Waals surface area contributed by atoms with E-state index in [1.807, 2.05) is 0 Å². The van der Waals surface area contributed by atoms with E-state index in [0.717, 1.165) is 24.3 Å². The van der Waals surface area contributed by atoms with Gasteiger partial charge in [-0.15, -0.1) is 6.58 Å². The highest BCUT2D eigenvalue weighted by molar-refractivity contribution is 5.73. The standard InChI is InChI=1S/C12H11F3O3/c1-2-3-10(11(16)17)18-9-6-4-8(5-7-9)12(13,14)15/h2,4-7,10H,1,3H2,(H,16,17)/t10-/m0/s1. The summed E-state index contributed by atoms with van der Waals surface area (Å²) in [4.78, 5) is 10.8. The molecule has 1 aromatic carbocycles. The quantitative estimate of drug-likeness (QED) is 0.827. The maximum atomic E-state index is 12.3. The molecule has 0 unspecified atom stereocenters. The maximum Gasteiger partial charge on any atom is 0.416 e. The summed E-state index contributed by atoms with van der Waals surface area (Å²) in [6, 6.07) is 3.84. The zero-order chi connectivity index (χ0) is 13.8. The van der Waals surface area contributed by atoms with E-state index in [2.05, 4.69) is 6.58 Å². The lowest BCUT2D eigenvalue weighted by Gasteiger charge is -2.14. The van der Waals surface area contributed by atoms with Crippen LogP contribution in [0.1, 0.15) is 12.0 Å². The number of halogens is 3. The van der Waals surface area contributed by atoms with Gasteiger partial charge in [0.1, 0.15) is 5.75 Å². The molecule has 0 fully saturated rings. The highest BCUT2D eigenvalue weighted by Crippen LogP contribution is 2.30. The average molecular weight is 260 g/mol. The zero-order valence-corrected chi connectivity index (χ0v) is 9.28. The minimum absolute atomic E-state index is 0.0658. The number of rotatable bonds is 5. The minimum atomic E-state index is -4.42. The molecule has 0 aliphatic rings. The first-order valence-electron chi connectivity index (χ1n) is 5.02. The topological polar surface area (TPSA) is 46.5 Å². The van der Waals surface area contributed by atoms with Crippen LogP contribution in [0.5, 0.6) is 5.75 Å². The fourth-order valence-corrected chi connectivity index (χ4v) is 1.24. The second kappa shape index (κ2) is 5.57. The van der Waals surface area contributed by atoms with Crippen LogP contribution in [0.25, 0.3) is 0 Å². The number of hydrogen-bond acceptors (Lipinski definition) is 2. The first-order chi connectivity index (χ1) is 8.34. The predicted octanol–water partition coefficient (Wildman–Crippen LogP) is 3.11. The molecule has 0 aromatic heterocycles. The van der Waals surface area contributed by atoms with Crippen LogP contribution in [-0.4, -0.2) is 17.2 Å². The summed E-state index contributed by atoms with van der Waals surface area (Å²) in [5.41, 5.74) is -0.814. The Kier molecular flexibility index (Phi) is 4.36. The maximum absolute atomic E-state index is 12.3. The van der Waals surface area contributed by atoms with E-state index < -0.39 is 23.8 Å². The monoisotopic (exact) mass is 260 g/mol. The second-order valence-electron chi connectivity index (χ2n) is 3.49. The molecule has 0 aliphatic heterocycles. The van der Waals surface area contributed by atoms with Gasteiger partial charge in [0.05, 0.1) is 5.56 Å². The Morgan fingerprint density at radius 2 is 1.94 bits per heavy atom. The first kappa shape index (κ1) is 14.1. The van der Waals surface area contributed by atoms with Gasteiger partial charge in [-0.3, -0.25) is 0 Å². The smallest absolute Gasteiger partial charge is 0.416 e. The fourth-order valence-electron chi connectivity index (χ4n) is 1.24. The summed E-state index contributed by atoms with van der Waals surface area (Å²) < 4.78 is 41.9. The van der Waals surface area contributed by atoms with Crippen LogP contribution in [0.15, 0.2) is 36.9 Å². The summed E-state index contributed by atoms with van der Waals surface area (Å²) in [6.07, 6.45) is -4.15. The van der Waals surface area contributed by atoms with E-state index in [1.54, 1.807) is 0 Å². The molecule has 1 rings (SSSR count). The van der Waals surface area contributed by atoms with Crippen molar-refractivity contribution in [3.8, 4) is 5.75 Å². The van der Waals surface area contributed by atoms with Gasteiger partial charge in [0.15, 0.2) is 6.10 Å². The Morgan fingerprint density at radius 3 is 2.33 bits per heavy atom. The minimum Gasteiger partial charge on any atom is -0.478 e. The predicted molar refractivity (Wildman–Crippen MR) is 58.3 cm³/mol. The Balaban J connectivity index is 2.79. The number of ether oxygens (including phenoxy) is 1. The summed E-state index contributed by atoms with van der Waals surface area (Å²) in [5, 5.41) is 8.80. The van der Waals surface area contributed by atoms with Gasteiger partial charge in [0.2, 0.25) is 0 Å². The summed E-state index contributed by atoms with van der Waals surface area (Å²) in [7, 11) is 0. The van der Waals surface area contributed by atoms with Crippen LogP contribution in [0, 0.1) is 0 Å². The van der Waals surface area contributed by atoms with Crippen molar-refractivity contribution in [2.24, 2.45) is 0 Å². The van der Waals surface area contributed by atoms with E-state index in [0.29, 0.717) is 0 Å². The van der Waals surface area contributed by atoms with Crippen molar-refractivity contribution >= 4 is 5.97 Å². The Hall–Kier alpha value is -1.98. The van der Waals surface area contributed by atoms with Gasteiger partial charge in [0, 0.05) is 6.42 Å². The Labute approximate surface area is 101 Å². The lowest BCUT2D eigenvalue weighted by atomic mass is 10.2. The van der Waals surface area contributed by atoms with Crippen LogP contribution in [0.3, 0.4) is 0 Å². The molecule has 1 N–H and O–H groups in total. The van der Waals surface area contributed by atoms with E-state index >= 15 is 0 Å². The van der Waals surface area contributed by atoms with E-state index in [4.69, 9.17) is 9.84 Å². The molecule has 1 aromatic rings. The molecule has 0 radical (unpaired) electrons. The molecule has 0 aliphatic carbocycles. The van der Waals surface area contributed by atoms with Crippen LogP contribution >= 0.6 is 0 Å². The highest BCUT2D eigenvalue weighted by Gasteiger charge is 2.30. The van der Waals surface area contributed by atoms with Gasteiger partial charge >= 0.3 is 12.1 Å². The number of carboxylic acids is 1. The molecule has 6 heteroatoms. The van der Waals surface area contributed by atoms with Gasteiger partial charge in [-0.2, -0.15) is 13.2 Å². The van der Waals surface area contributed by atoms with Crippen LogP contribution in [-0.2, 0) is 11.0 Å². The number of carboxylic acid groups (broad SMARTS) is 1. The Morgan fingerprint density at radius 1 is 1.39 bits per heavy atom. The number of carbonyl (C=O) groups is 1. The normalized spacial score (nSPS) is 12.8. The molecule has 3 nitrogen and oxygen atoms in total. The van der Waals surface area contributed by atoms with Gasteiger partial charge in [-0.05, 0) is 24.3 Å². The third-order valence-electron chi connectivity index (χ3n) is 2.12. The van der Waals surface area contributed by atoms with Crippen molar-refractivity contribution in [3.63, 3.8) is 0 Å². The van der Waals surface area contributed by atoms with Crippen molar-refractivity contribution < 1.29 is 27.8 Å². The number of hydrogen-bond donors (Lipinski definition) is 1. The Bertz CT molecular complexity index is 423. The molecule has 0 spiro atoms. The molecule has 18 heavy (non-hydrogen) atoms. The lowest BCUT2D eigenvalue weighted by Crippen LogP contribution is -2.26. The molecule has 0 saturated carbocycles. The number of aliphatic carboxylic acids is 1. The second-order valence-corrected chi connectivity index (χ2v) is 3.49. The third kappa shape index (κ3) is 3.80. The van der Waals surface area contributed by atoms with Crippen molar-refractivity contribution in [3.05, 3.63) is 42.5 Å². The van der Waals surface area contributed by atoms with Crippen LogP contribution in [0.4, 0.5) is 13.2 Å². The lowest BCUT2D eigenvalue weighted by molar-refractivity contribution is -0.145. The average Bonchev–Trinajstić information content (AvgIpc) is 2.28. The molecule has 0 heterocycles. The fraction of sp³-hybridized carbons (Fsp3) is 0.250. The summed E-state index contributed by atoms with van der Waals surface area (Å²) in [5.74, 6) is -1.13. The number of alkyl halides is 3. The molecule has 1 atom stereocenters. The van der Waals surface area contributed by atoms with Crippen molar-refractivity contribution in [1.29, 1.82) is 0 Å². The summed E-state index contributed by atoms with van der Waals surface area (Å²) in [6.45, 7) is 3.38. The van der Waals surface area contributed by atoms with E-state index in [9.17, 15) is 18.0 Å². The van der Waals surface area contributed by atoms with Crippen molar-refractivity contribution in [1.82, 2.24) is 0 Å². The molecular weight excluding hydrogens is 249 g/mol. The van der Waals surface area contributed by atoms with Crippen molar-refractivity contribution in [2.45, 2.75) is 18.7 Å². The molecule has 98 valence electrons. The van der Waals surface area contributed by atoms with Gasteiger partial charge in [-0.1, -0.05) is 6.08 Å². The zero-order valence-electron chi connectivity index (χ0n) is 9.28. The number of benzene rings is 1. The van der Waals surface area contributed by atoms with Gasteiger partial charge in [0.25, 0.3) is 0 Å². The third-order valence-corrected chi connectivity index (χ3v) is 2.12. The van der Waals surface area contributed by atoms with Crippen LogP contribution in [0.2, 0.25) is 0 Å². The molecule has 0 amide bonds. The SMILES string of the molecule is C=CC[C@H](Oc1ccc(C(F)(F)F)cc1)C(=O)O. The highest BCUT2D eigenvalue weighted by atomic mass is 19.4. The van der Waals surface area contributed by atoms with Gasteiger partial charge in [-0.25, -0.2) is 4.79 Å². The summed E-state index contributed by atoms with van der Waals surface area (Å²) >= 11 is 0.